The number of nitrogens with zero attached hydrogens (tertiary/aromatic N) is 3. The van der Waals surface area contributed by atoms with E-state index in [1.165, 1.54) is 0 Å². The van der Waals surface area contributed by atoms with Gasteiger partial charge in [0.15, 0.2) is 0 Å². The third-order valence-corrected chi connectivity index (χ3v) is 2.65. The molecule has 0 aliphatic heterocycles. The zero-order valence-electron chi connectivity index (χ0n) is 10.1. The first kappa shape index (κ1) is 12.7. The maximum atomic E-state index is 10.7. The van der Waals surface area contributed by atoms with Gasteiger partial charge in [0, 0.05) is 32.0 Å². The molecule has 90 valence electrons. The van der Waals surface area contributed by atoms with Crippen LogP contribution < -0.4 is 0 Å². The fourth-order valence-corrected chi connectivity index (χ4v) is 1.56. The largest absolute Gasteiger partial charge is 0.481 e. The van der Waals surface area contributed by atoms with Crippen molar-refractivity contribution in [2.24, 2.45) is 5.92 Å². The van der Waals surface area contributed by atoms with E-state index >= 15 is 0 Å². The van der Waals surface area contributed by atoms with Gasteiger partial charge in [-0.05, 0) is 14.0 Å². The van der Waals surface area contributed by atoms with Crippen LogP contribution in [0.15, 0.2) is 12.4 Å². The van der Waals surface area contributed by atoms with Crippen molar-refractivity contribution < 1.29 is 9.90 Å². The van der Waals surface area contributed by atoms with E-state index < -0.39 is 5.97 Å². The molecule has 1 unspecified atom stereocenters. The Morgan fingerprint density at radius 2 is 2.38 bits per heavy atom. The van der Waals surface area contributed by atoms with Crippen molar-refractivity contribution in [2.75, 3.05) is 20.1 Å². The normalized spacial score (nSPS) is 13.0. The quantitative estimate of drug-likeness (QED) is 0.779. The summed E-state index contributed by atoms with van der Waals surface area (Å²) in [7, 11) is 1.94. The van der Waals surface area contributed by atoms with E-state index in [0.29, 0.717) is 6.54 Å². The van der Waals surface area contributed by atoms with Crippen LogP contribution in [0.25, 0.3) is 0 Å². The standard InChI is InChI=1S/C11H19N3O2/c1-9(11(15)16)8-13(3)6-7-14-5-4-12-10(14)2/h4-5,9H,6-8H2,1-3H3,(H,15,16). The molecule has 1 heterocycles. The van der Waals surface area contributed by atoms with Crippen molar-refractivity contribution in [3.63, 3.8) is 0 Å². The van der Waals surface area contributed by atoms with Gasteiger partial charge >= 0.3 is 5.97 Å². The maximum absolute atomic E-state index is 10.7. The van der Waals surface area contributed by atoms with Gasteiger partial charge in [0.2, 0.25) is 0 Å². The Bertz CT molecular complexity index is 349. The number of likely N-dealkylation sites (N-methyl/N-ethyl adjacent to an activating group) is 1. The molecule has 1 atom stereocenters. The molecule has 1 aromatic rings. The Morgan fingerprint density at radius 1 is 1.69 bits per heavy atom. The first-order chi connectivity index (χ1) is 7.50. The van der Waals surface area contributed by atoms with Crippen molar-refractivity contribution in [3.8, 4) is 0 Å². The topological polar surface area (TPSA) is 58.4 Å². The van der Waals surface area contributed by atoms with Crippen LogP contribution in [0.2, 0.25) is 0 Å². The van der Waals surface area contributed by atoms with E-state index in [1.54, 1.807) is 13.1 Å². The lowest BCUT2D eigenvalue weighted by atomic mass is 10.2. The molecule has 0 radical (unpaired) electrons. The summed E-state index contributed by atoms with van der Waals surface area (Å²) in [4.78, 5) is 16.8. The summed E-state index contributed by atoms with van der Waals surface area (Å²) in [5, 5.41) is 8.79. The highest BCUT2D eigenvalue weighted by atomic mass is 16.4. The van der Waals surface area contributed by atoms with Crippen LogP contribution in [-0.2, 0) is 11.3 Å². The van der Waals surface area contributed by atoms with Gasteiger partial charge in [-0.15, -0.1) is 0 Å². The average molecular weight is 225 g/mol. The lowest BCUT2D eigenvalue weighted by Gasteiger charge is -2.19. The molecule has 0 bridgehead atoms. The molecule has 0 aliphatic carbocycles. The number of hydrogen-bond donors (Lipinski definition) is 1. The number of carboxylic acid groups (broad SMARTS) is 1. The van der Waals surface area contributed by atoms with E-state index in [2.05, 4.69) is 9.55 Å². The second kappa shape index (κ2) is 5.65. The van der Waals surface area contributed by atoms with Crippen molar-refractivity contribution >= 4 is 5.97 Å². The predicted octanol–water partition coefficient (Wildman–Crippen LogP) is 0.844. The summed E-state index contributed by atoms with van der Waals surface area (Å²) >= 11 is 0. The van der Waals surface area contributed by atoms with Gasteiger partial charge in [-0.2, -0.15) is 0 Å². The summed E-state index contributed by atoms with van der Waals surface area (Å²) in [6, 6.07) is 0. The first-order valence-electron chi connectivity index (χ1n) is 5.39. The number of aryl methyl sites for hydroxylation is 1. The van der Waals surface area contributed by atoms with Crippen LogP contribution in [0.1, 0.15) is 12.7 Å². The molecule has 16 heavy (non-hydrogen) atoms. The van der Waals surface area contributed by atoms with Gasteiger partial charge in [-0.25, -0.2) is 4.98 Å². The SMILES string of the molecule is Cc1nccn1CCN(C)CC(C)C(=O)O. The number of hydrogen-bond acceptors (Lipinski definition) is 3. The second-order valence-electron chi connectivity index (χ2n) is 4.17. The Balaban J connectivity index is 2.33. The highest BCUT2D eigenvalue weighted by molar-refractivity contribution is 5.69. The monoisotopic (exact) mass is 225 g/mol. The molecule has 0 aliphatic rings. The molecule has 0 saturated heterocycles. The number of aliphatic carboxylic acids is 1. The molecular formula is C11H19N3O2. The van der Waals surface area contributed by atoms with Gasteiger partial charge in [0.1, 0.15) is 5.82 Å². The minimum Gasteiger partial charge on any atom is -0.481 e. The number of imidazole rings is 1. The number of rotatable bonds is 6. The van der Waals surface area contributed by atoms with Crippen LogP contribution in [0.3, 0.4) is 0 Å². The molecule has 0 fully saturated rings. The second-order valence-corrected chi connectivity index (χ2v) is 4.17. The van der Waals surface area contributed by atoms with E-state index in [0.717, 1.165) is 18.9 Å². The number of carboxylic acids is 1. The summed E-state index contributed by atoms with van der Waals surface area (Å²) < 4.78 is 2.06. The Labute approximate surface area is 95.7 Å². The smallest absolute Gasteiger partial charge is 0.307 e. The van der Waals surface area contributed by atoms with E-state index in [4.69, 9.17) is 5.11 Å². The highest BCUT2D eigenvalue weighted by Gasteiger charge is 2.13. The molecule has 0 saturated carbocycles. The third-order valence-electron chi connectivity index (χ3n) is 2.65. The predicted molar refractivity (Wildman–Crippen MR) is 61.3 cm³/mol. The number of carbonyl (C=O) groups is 1. The lowest BCUT2D eigenvalue weighted by Crippen LogP contribution is -2.31. The van der Waals surface area contributed by atoms with Crippen LogP contribution in [0, 0.1) is 12.8 Å². The van der Waals surface area contributed by atoms with Crippen molar-refractivity contribution in [1.29, 1.82) is 0 Å². The van der Waals surface area contributed by atoms with Crippen molar-refractivity contribution in [3.05, 3.63) is 18.2 Å². The Morgan fingerprint density at radius 3 is 2.88 bits per heavy atom. The van der Waals surface area contributed by atoms with Gasteiger partial charge < -0.3 is 14.6 Å². The molecule has 1 rings (SSSR count). The Hall–Kier alpha value is -1.36. The zero-order chi connectivity index (χ0) is 12.1. The molecule has 5 heteroatoms. The van der Waals surface area contributed by atoms with E-state index in [1.807, 2.05) is 25.1 Å². The van der Waals surface area contributed by atoms with Crippen LogP contribution in [-0.4, -0.2) is 45.7 Å². The minimum atomic E-state index is -0.745. The van der Waals surface area contributed by atoms with Gasteiger partial charge in [-0.1, -0.05) is 6.92 Å². The fourth-order valence-electron chi connectivity index (χ4n) is 1.56. The summed E-state index contributed by atoms with van der Waals surface area (Å²) in [5.74, 6) is -0.0840. The summed E-state index contributed by atoms with van der Waals surface area (Å²) in [5.41, 5.74) is 0. The zero-order valence-corrected chi connectivity index (χ0v) is 10.1. The maximum Gasteiger partial charge on any atom is 0.307 e. The van der Waals surface area contributed by atoms with Crippen LogP contribution in [0.5, 0.6) is 0 Å². The van der Waals surface area contributed by atoms with Crippen molar-refractivity contribution in [1.82, 2.24) is 14.5 Å². The number of aromatic nitrogens is 2. The third kappa shape index (κ3) is 3.66. The molecule has 0 amide bonds. The van der Waals surface area contributed by atoms with Crippen LogP contribution >= 0.6 is 0 Å². The fraction of sp³-hybridized carbons (Fsp3) is 0.636. The minimum absolute atomic E-state index is 0.325. The first-order valence-corrected chi connectivity index (χ1v) is 5.39. The molecule has 5 nitrogen and oxygen atoms in total. The molecular weight excluding hydrogens is 206 g/mol. The summed E-state index contributed by atoms with van der Waals surface area (Å²) in [6.07, 6.45) is 3.71. The van der Waals surface area contributed by atoms with Gasteiger partial charge in [0.25, 0.3) is 0 Å². The molecule has 0 aromatic carbocycles. The van der Waals surface area contributed by atoms with Crippen LogP contribution in [0.4, 0.5) is 0 Å². The van der Waals surface area contributed by atoms with Gasteiger partial charge in [0.05, 0.1) is 5.92 Å². The lowest BCUT2D eigenvalue weighted by molar-refractivity contribution is -0.141. The molecule has 1 N–H and O–H groups in total. The van der Waals surface area contributed by atoms with Crippen molar-refractivity contribution in [2.45, 2.75) is 20.4 Å². The molecule has 1 aromatic heterocycles. The van der Waals surface area contributed by atoms with E-state index in [-0.39, 0.29) is 5.92 Å². The van der Waals surface area contributed by atoms with E-state index in [9.17, 15) is 4.79 Å². The molecule has 0 spiro atoms. The average Bonchev–Trinajstić information content (AvgIpc) is 2.61. The Kier molecular flexibility index (Phi) is 4.49. The van der Waals surface area contributed by atoms with Gasteiger partial charge in [-0.3, -0.25) is 4.79 Å². The highest BCUT2D eigenvalue weighted by Crippen LogP contribution is 2.00. The summed E-state index contributed by atoms with van der Waals surface area (Å²) in [6.45, 7) is 5.92.